The second kappa shape index (κ2) is 16.5. The van der Waals surface area contributed by atoms with E-state index in [1.54, 1.807) is 20.8 Å². The molecule has 48 heavy (non-hydrogen) atoms. The third-order valence-corrected chi connectivity index (χ3v) is 9.14. The van der Waals surface area contributed by atoms with Gasteiger partial charge in [0.15, 0.2) is 0 Å². The summed E-state index contributed by atoms with van der Waals surface area (Å²) < 4.78 is 11.5. The van der Waals surface area contributed by atoms with E-state index in [1.165, 1.54) is 12.8 Å². The van der Waals surface area contributed by atoms with Gasteiger partial charge in [0, 0.05) is 18.9 Å². The van der Waals surface area contributed by atoms with Crippen molar-refractivity contribution in [1.82, 2.24) is 15.5 Å². The first-order valence-corrected chi connectivity index (χ1v) is 17.3. The van der Waals surface area contributed by atoms with E-state index in [4.69, 9.17) is 9.47 Å². The number of carbonyl (C=O) groups excluding carboxylic acids is 2. The van der Waals surface area contributed by atoms with Gasteiger partial charge in [-0.05, 0) is 100 Å². The van der Waals surface area contributed by atoms with Crippen molar-refractivity contribution in [3.8, 4) is 5.75 Å². The van der Waals surface area contributed by atoms with Gasteiger partial charge in [-0.2, -0.15) is 0 Å². The minimum absolute atomic E-state index is 0.0810. The van der Waals surface area contributed by atoms with E-state index in [0.29, 0.717) is 25.9 Å². The lowest BCUT2D eigenvalue weighted by Crippen LogP contribution is -2.48. The van der Waals surface area contributed by atoms with Crippen LogP contribution in [-0.4, -0.2) is 77.2 Å². The first-order chi connectivity index (χ1) is 23.0. The van der Waals surface area contributed by atoms with Gasteiger partial charge in [0.05, 0.1) is 24.3 Å². The molecule has 1 aliphatic heterocycles. The molecular weight excluding hydrogens is 606 g/mol. The molecule has 1 fully saturated rings. The molecule has 1 aliphatic carbocycles. The number of alkyl carbamates (subject to hydrolysis) is 1. The molecule has 3 aromatic carbocycles. The molecule has 9 heteroatoms. The molecule has 0 aromatic heterocycles. The predicted molar refractivity (Wildman–Crippen MR) is 186 cm³/mol. The average Bonchev–Trinajstić information content (AvgIpc) is 3.68. The van der Waals surface area contributed by atoms with Gasteiger partial charge in [-0.25, -0.2) is 4.79 Å². The molecule has 0 saturated carbocycles. The first-order valence-electron chi connectivity index (χ1n) is 17.3. The van der Waals surface area contributed by atoms with E-state index in [1.807, 2.05) is 78.9 Å². The maximum atomic E-state index is 14.0. The normalized spacial score (nSPS) is 19.6. The molecule has 0 unspecified atom stereocenters. The van der Waals surface area contributed by atoms with Crippen LogP contribution in [0.2, 0.25) is 0 Å². The molecule has 1 saturated heterocycles. The van der Waals surface area contributed by atoms with Crippen LogP contribution in [0.15, 0.2) is 78.9 Å². The summed E-state index contributed by atoms with van der Waals surface area (Å²) in [5.41, 5.74) is 3.06. The number of nitrogens with one attached hydrogen (secondary N) is 2. The molecule has 258 valence electrons. The topological polar surface area (TPSA) is 120 Å². The number of ether oxygens (including phenoxy) is 2. The van der Waals surface area contributed by atoms with E-state index in [9.17, 15) is 19.8 Å². The smallest absolute Gasteiger partial charge is 0.407 e. The Morgan fingerprint density at radius 1 is 0.917 bits per heavy atom. The molecule has 2 aliphatic rings. The van der Waals surface area contributed by atoms with Crippen LogP contribution in [0.3, 0.4) is 0 Å². The van der Waals surface area contributed by atoms with Gasteiger partial charge < -0.3 is 30.3 Å². The van der Waals surface area contributed by atoms with E-state index < -0.39 is 41.9 Å². The zero-order valence-corrected chi connectivity index (χ0v) is 28.4. The van der Waals surface area contributed by atoms with Crippen molar-refractivity contribution >= 4 is 12.0 Å². The van der Waals surface area contributed by atoms with Gasteiger partial charge in [-0.3, -0.25) is 9.69 Å². The monoisotopic (exact) mass is 657 g/mol. The summed E-state index contributed by atoms with van der Waals surface area (Å²) in [5, 5.41) is 28.5. The third kappa shape index (κ3) is 10.3. The molecule has 1 heterocycles. The Morgan fingerprint density at radius 3 is 2.29 bits per heavy atom. The molecule has 2 amide bonds. The van der Waals surface area contributed by atoms with Crippen molar-refractivity contribution in [3.05, 3.63) is 101 Å². The summed E-state index contributed by atoms with van der Waals surface area (Å²) in [7, 11) is 0. The van der Waals surface area contributed by atoms with Crippen molar-refractivity contribution in [1.29, 1.82) is 0 Å². The molecule has 0 radical (unpaired) electrons. The molecule has 5 rings (SSSR count). The molecule has 0 spiro atoms. The lowest BCUT2D eigenvalue weighted by molar-refractivity contribution is -0.127. The summed E-state index contributed by atoms with van der Waals surface area (Å²) >= 11 is 0. The Labute approximate surface area is 284 Å². The largest absolute Gasteiger partial charge is 0.492 e. The Kier molecular flexibility index (Phi) is 12.1. The molecule has 0 bridgehead atoms. The fourth-order valence-corrected chi connectivity index (χ4v) is 6.67. The van der Waals surface area contributed by atoms with E-state index in [-0.39, 0.29) is 12.3 Å². The summed E-state index contributed by atoms with van der Waals surface area (Å²) in [4.78, 5) is 29.3. The standard InChI is InChI=1S/C39H51N3O6/c1-39(2,3)48-38(46)40-33(24-27-11-5-4-6-12-27)34(43)26-30(37(45)41-36-32-14-8-7-13-29(32)25-35(36)44)23-28-15-17-31(18-16-28)47-22-21-42-19-9-10-20-42/h4-8,11-18,30,33-36,43-44H,9-10,19-26H2,1-3H3,(H,40,46)(H,41,45)/t30-,33-,34-,35+,36-/m0/s1. The maximum Gasteiger partial charge on any atom is 0.407 e. The highest BCUT2D eigenvalue weighted by Gasteiger charge is 2.35. The van der Waals surface area contributed by atoms with Crippen molar-refractivity contribution in [2.24, 2.45) is 5.92 Å². The zero-order valence-electron chi connectivity index (χ0n) is 28.4. The Hall–Kier alpha value is -3.92. The Bertz CT molecular complexity index is 1470. The number of nitrogens with zero attached hydrogens (tertiary/aromatic N) is 1. The van der Waals surface area contributed by atoms with Crippen molar-refractivity contribution in [3.63, 3.8) is 0 Å². The van der Waals surface area contributed by atoms with Crippen LogP contribution in [0.1, 0.15) is 68.3 Å². The number of amides is 2. The summed E-state index contributed by atoms with van der Waals surface area (Å²) in [5.74, 6) is -0.147. The van der Waals surface area contributed by atoms with Gasteiger partial charge in [0.25, 0.3) is 0 Å². The van der Waals surface area contributed by atoms with Gasteiger partial charge >= 0.3 is 6.09 Å². The van der Waals surface area contributed by atoms with Crippen LogP contribution in [0.5, 0.6) is 5.75 Å². The van der Waals surface area contributed by atoms with Gasteiger partial charge in [-0.1, -0.05) is 66.7 Å². The van der Waals surface area contributed by atoms with Crippen molar-refractivity contribution in [2.45, 2.75) is 89.2 Å². The van der Waals surface area contributed by atoms with Crippen LogP contribution < -0.4 is 15.4 Å². The Balaban J connectivity index is 1.32. The highest BCUT2D eigenvalue weighted by atomic mass is 16.6. The number of hydrogen-bond donors (Lipinski definition) is 4. The second-order valence-corrected chi connectivity index (χ2v) is 14.1. The van der Waals surface area contributed by atoms with Crippen LogP contribution in [0.4, 0.5) is 4.79 Å². The average molecular weight is 658 g/mol. The minimum Gasteiger partial charge on any atom is -0.492 e. The summed E-state index contributed by atoms with van der Waals surface area (Å²) in [6.07, 6.45) is 1.30. The fourth-order valence-electron chi connectivity index (χ4n) is 6.67. The highest BCUT2D eigenvalue weighted by Crippen LogP contribution is 2.32. The number of rotatable bonds is 14. The van der Waals surface area contributed by atoms with E-state index in [0.717, 1.165) is 47.6 Å². The number of fused-ring (bicyclic) bond motifs is 1. The summed E-state index contributed by atoms with van der Waals surface area (Å²) in [6.45, 7) is 9.13. The lowest BCUT2D eigenvalue weighted by Gasteiger charge is -2.29. The number of likely N-dealkylation sites (tertiary alicyclic amines) is 1. The number of hydrogen-bond acceptors (Lipinski definition) is 7. The number of benzene rings is 3. The Morgan fingerprint density at radius 2 is 1.58 bits per heavy atom. The van der Waals surface area contributed by atoms with Crippen LogP contribution in [0.25, 0.3) is 0 Å². The lowest BCUT2D eigenvalue weighted by atomic mass is 9.88. The highest BCUT2D eigenvalue weighted by molar-refractivity contribution is 5.80. The first kappa shape index (κ1) is 35.4. The fraction of sp³-hybridized carbons (Fsp3) is 0.487. The molecule has 9 nitrogen and oxygen atoms in total. The molecular formula is C39H51N3O6. The van der Waals surface area contributed by atoms with Crippen LogP contribution in [-0.2, 0) is 28.8 Å². The number of carbonyl (C=O) groups is 2. The van der Waals surface area contributed by atoms with E-state index in [2.05, 4.69) is 15.5 Å². The predicted octanol–water partition coefficient (Wildman–Crippen LogP) is 4.98. The van der Waals surface area contributed by atoms with Crippen molar-refractivity contribution < 1.29 is 29.3 Å². The van der Waals surface area contributed by atoms with Gasteiger partial charge in [-0.15, -0.1) is 0 Å². The number of aliphatic hydroxyl groups is 2. The number of aliphatic hydroxyl groups excluding tert-OH is 2. The van der Waals surface area contributed by atoms with Gasteiger partial charge in [0.1, 0.15) is 18.0 Å². The third-order valence-electron chi connectivity index (χ3n) is 9.14. The summed E-state index contributed by atoms with van der Waals surface area (Å²) in [6, 6.07) is 23.9. The second-order valence-electron chi connectivity index (χ2n) is 14.1. The van der Waals surface area contributed by atoms with Crippen LogP contribution in [0, 0.1) is 5.92 Å². The minimum atomic E-state index is -1.07. The van der Waals surface area contributed by atoms with Gasteiger partial charge in [0.2, 0.25) is 5.91 Å². The maximum absolute atomic E-state index is 14.0. The molecule has 3 aromatic rings. The zero-order chi connectivity index (χ0) is 34.1. The van der Waals surface area contributed by atoms with Crippen molar-refractivity contribution in [2.75, 3.05) is 26.2 Å². The molecule has 4 N–H and O–H groups in total. The SMILES string of the molecule is CC(C)(C)OC(=O)N[C@@H](Cc1ccccc1)[C@@H](O)C[C@H](Cc1ccc(OCCN2CCCC2)cc1)C(=O)N[C@H]1c2ccccc2C[C@H]1O. The van der Waals surface area contributed by atoms with E-state index >= 15 is 0 Å². The quantitative estimate of drug-likeness (QED) is 0.193. The van der Waals surface area contributed by atoms with Crippen LogP contribution >= 0.6 is 0 Å². The molecule has 5 atom stereocenters.